The van der Waals surface area contributed by atoms with E-state index in [0.717, 1.165) is 12.8 Å². The van der Waals surface area contributed by atoms with Gasteiger partial charge in [-0.15, -0.1) is 0 Å². The van der Waals surface area contributed by atoms with Crippen LogP contribution in [0.1, 0.15) is 12.8 Å². The van der Waals surface area contributed by atoms with Gasteiger partial charge in [0.2, 0.25) is 5.91 Å². The molecule has 1 aromatic rings. The van der Waals surface area contributed by atoms with Crippen LogP contribution in [-0.4, -0.2) is 17.9 Å². The Morgan fingerprint density at radius 1 is 1.38 bits per heavy atom. The summed E-state index contributed by atoms with van der Waals surface area (Å²) in [6.45, 7) is 0. The lowest BCUT2D eigenvalue weighted by Crippen LogP contribution is -2.26. The molecule has 1 amide bonds. The molecule has 0 radical (unpaired) electrons. The molecule has 0 aromatic heterocycles. The van der Waals surface area contributed by atoms with Crippen molar-refractivity contribution in [1.29, 1.82) is 0 Å². The average Bonchev–Trinajstić information content (AvgIpc) is 3.10. The summed E-state index contributed by atoms with van der Waals surface area (Å²) in [5, 5.41) is 13.8. The van der Waals surface area contributed by atoms with Gasteiger partial charge in [0, 0.05) is 5.92 Å². The van der Waals surface area contributed by atoms with E-state index in [1.165, 1.54) is 19.2 Å². The number of fused-ring (bicyclic) bond motifs is 2. The molecule has 0 spiro atoms. The van der Waals surface area contributed by atoms with E-state index in [1.807, 2.05) is 0 Å². The van der Waals surface area contributed by atoms with E-state index in [4.69, 9.17) is 4.74 Å². The van der Waals surface area contributed by atoms with Gasteiger partial charge in [-0.05, 0) is 36.8 Å². The lowest BCUT2D eigenvalue weighted by Gasteiger charge is -2.17. The molecule has 1 fully saturated rings. The highest BCUT2D eigenvalue weighted by Gasteiger charge is 2.40. The normalized spacial score (nSPS) is 25.9. The number of allylic oxidation sites excluding steroid dienone is 2. The number of methoxy groups -OCH3 is 1. The summed E-state index contributed by atoms with van der Waals surface area (Å²) < 4.78 is 4.98. The van der Waals surface area contributed by atoms with E-state index in [0.29, 0.717) is 11.7 Å². The summed E-state index contributed by atoms with van der Waals surface area (Å²) in [5.41, 5.74) is 0.0685. The van der Waals surface area contributed by atoms with E-state index in [2.05, 4.69) is 17.5 Å². The number of nitro benzene ring substituents is 1. The second kappa shape index (κ2) is 5.20. The number of rotatable bonds is 4. The molecule has 0 saturated heterocycles. The van der Waals surface area contributed by atoms with Crippen molar-refractivity contribution in [2.24, 2.45) is 17.8 Å². The molecular weight excluding hydrogens is 272 g/mol. The zero-order chi connectivity index (χ0) is 15.0. The van der Waals surface area contributed by atoms with Crippen molar-refractivity contribution in [2.75, 3.05) is 12.4 Å². The number of amides is 1. The first-order chi connectivity index (χ1) is 10.1. The predicted molar refractivity (Wildman–Crippen MR) is 77.1 cm³/mol. The number of nitro groups is 1. The zero-order valence-corrected chi connectivity index (χ0v) is 11.6. The minimum Gasteiger partial charge on any atom is -0.496 e. The maximum Gasteiger partial charge on any atom is 0.296 e. The molecule has 2 aliphatic carbocycles. The molecule has 3 rings (SSSR count). The summed E-state index contributed by atoms with van der Waals surface area (Å²) in [6.07, 6.45) is 6.09. The number of hydrogen-bond acceptors (Lipinski definition) is 4. The van der Waals surface area contributed by atoms with Crippen LogP contribution in [0.25, 0.3) is 0 Å². The monoisotopic (exact) mass is 288 g/mol. The summed E-state index contributed by atoms with van der Waals surface area (Å²) in [5.74, 6) is 0.924. The number of nitrogens with zero attached hydrogens (tertiary/aromatic N) is 1. The first-order valence-electron chi connectivity index (χ1n) is 6.90. The quantitative estimate of drug-likeness (QED) is 0.524. The molecule has 110 valence electrons. The second-order valence-corrected chi connectivity index (χ2v) is 5.52. The third kappa shape index (κ3) is 2.49. The molecule has 2 aliphatic rings. The fraction of sp³-hybridized carbons (Fsp3) is 0.400. The second-order valence-electron chi connectivity index (χ2n) is 5.52. The number of nitrogens with one attached hydrogen (secondary N) is 1. The molecule has 6 heteroatoms. The Balaban J connectivity index is 1.79. The molecule has 0 unspecified atom stereocenters. The molecule has 6 nitrogen and oxygen atoms in total. The van der Waals surface area contributed by atoms with Gasteiger partial charge >= 0.3 is 0 Å². The van der Waals surface area contributed by atoms with Gasteiger partial charge in [-0.3, -0.25) is 14.9 Å². The van der Waals surface area contributed by atoms with Crippen LogP contribution < -0.4 is 10.1 Å². The lowest BCUT2D eigenvalue weighted by atomic mass is 9.93. The third-order valence-electron chi connectivity index (χ3n) is 4.28. The Kier molecular flexibility index (Phi) is 3.37. The van der Waals surface area contributed by atoms with Gasteiger partial charge in [0.25, 0.3) is 5.69 Å². The van der Waals surface area contributed by atoms with Gasteiger partial charge in [0.1, 0.15) is 11.4 Å². The van der Waals surface area contributed by atoms with Crippen molar-refractivity contribution in [2.45, 2.75) is 12.8 Å². The largest absolute Gasteiger partial charge is 0.496 e. The Hall–Kier alpha value is -2.37. The van der Waals surface area contributed by atoms with Crippen molar-refractivity contribution < 1.29 is 14.5 Å². The SMILES string of the molecule is COc1ccc(NC(=O)[C@H]2C[C@@H]3C=C[C@H]2C3)c([N+](=O)[O-])c1. The van der Waals surface area contributed by atoms with Gasteiger partial charge in [0.05, 0.1) is 18.1 Å². The molecule has 0 heterocycles. The van der Waals surface area contributed by atoms with Gasteiger partial charge in [-0.1, -0.05) is 12.2 Å². The van der Waals surface area contributed by atoms with Gasteiger partial charge in [-0.25, -0.2) is 0 Å². The molecule has 3 atom stereocenters. The average molecular weight is 288 g/mol. The van der Waals surface area contributed by atoms with Gasteiger partial charge in [0.15, 0.2) is 0 Å². The van der Waals surface area contributed by atoms with E-state index in [1.54, 1.807) is 6.07 Å². The van der Waals surface area contributed by atoms with Crippen molar-refractivity contribution in [3.63, 3.8) is 0 Å². The number of carbonyl (C=O) groups is 1. The maximum atomic E-state index is 12.3. The van der Waals surface area contributed by atoms with Crippen LogP contribution in [0.2, 0.25) is 0 Å². The number of carbonyl (C=O) groups excluding carboxylic acids is 1. The maximum absolute atomic E-state index is 12.3. The summed E-state index contributed by atoms with van der Waals surface area (Å²) in [6, 6.07) is 4.43. The Bertz CT molecular complexity index is 626. The molecule has 1 saturated carbocycles. The fourth-order valence-corrected chi connectivity index (χ4v) is 3.20. The van der Waals surface area contributed by atoms with Crippen molar-refractivity contribution in [1.82, 2.24) is 0 Å². The third-order valence-corrected chi connectivity index (χ3v) is 4.28. The molecule has 21 heavy (non-hydrogen) atoms. The first kappa shape index (κ1) is 13.6. The highest BCUT2D eigenvalue weighted by atomic mass is 16.6. The van der Waals surface area contributed by atoms with Gasteiger partial charge in [-0.2, -0.15) is 0 Å². The molecular formula is C15H16N2O4. The zero-order valence-electron chi connectivity index (χ0n) is 11.6. The standard InChI is InChI=1S/C15H16N2O4/c1-21-11-4-5-13(14(8-11)17(19)20)16-15(18)12-7-9-2-3-10(12)6-9/h2-5,8-10,12H,6-7H2,1H3,(H,16,18)/t9-,10+,12+/m1/s1. The molecule has 2 bridgehead atoms. The topological polar surface area (TPSA) is 81.5 Å². The first-order valence-corrected chi connectivity index (χ1v) is 6.90. The van der Waals surface area contributed by atoms with E-state index in [9.17, 15) is 14.9 Å². The van der Waals surface area contributed by atoms with Crippen LogP contribution in [-0.2, 0) is 4.79 Å². The van der Waals surface area contributed by atoms with Crippen LogP contribution in [0.15, 0.2) is 30.4 Å². The Morgan fingerprint density at radius 3 is 2.76 bits per heavy atom. The highest BCUT2D eigenvalue weighted by molar-refractivity contribution is 5.95. The lowest BCUT2D eigenvalue weighted by molar-refractivity contribution is -0.384. The number of hydrogen-bond donors (Lipinski definition) is 1. The van der Waals surface area contributed by atoms with E-state index in [-0.39, 0.29) is 29.1 Å². The van der Waals surface area contributed by atoms with Crippen LogP contribution >= 0.6 is 0 Å². The molecule has 1 aromatic carbocycles. The van der Waals surface area contributed by atoms with Crippen molar-refractivity contribution >= 4 is 17.3 Å². The van der Waals surface area contributed by atoms with E-state index < -0.39 is 4.92 Å². The fourth-order valence-electron chi connectivity index (χ4n) is 3.20. The van der Waals surface area contributed by atoms with Crippen LogP contribution in [0.3, 0.4) is 0 Å². The summed E-state index contributed by atoms with van der Waals surface area (Å²) in [4.78, 5) is 22.9. The smallest absolute Gasteiger partial charge is 0.296 e. The number of ether oxygens (including phenoxy) is 1. The highest BCUT2D eigenvalue weighted by Crippen LogP contribution is 2.44. The van der Waals surface area contributed by atoms with E-state index >= 15 is 0 Å². The predicted octanol–water partition coefficient (Wildman–Crippen LogP) is 2.75. The van der Waals surface area contributed by atoms with Crippen LogP contribution in [0, 0.1) is 27.9 Å². The van der Waals surface area contributed by atoms with Gasteiger partial charge < -0.3 is 10.1 Å². The summed E-state index contributed by atoms with van der Waals surface area (Å²) in [7, 11) is 1.44. The molecule has 0 aliphatic heterocycles. The summed E-state index contributed by atoms with van der Waals surface area (Å²) >= 11 is 0. The van der Waals surface area contributed by atoms with Crippen molar-refractivity contribution in [3.8, 4) is 5.75 Å². The Labute approximate surface area is 121 Å². The number of anilines is 1. The van der Waals surface area contributed by atoms with Crippen LogP contribution in [0.4, 0.5) is 11.4 Å². The van der Waals surface area contributed by atoms with Crippen LogP contribution in [0.5, 0.6) is 5.75 Å². The molecule has 1 N–H and O–H groups in total. The Morgan fingerprint density at radius 2 is 2.19 bits per heavy atom. The minimum atomic E-state index is -0.515. The van der Waals surface area contributed by atoms with Crippen molar-refractivity contribution in [3.05, 3.63) is 40.5 Å². The minimum absolute atomic E-state index is 0.0818. The number of benzene rings is 1.